The number of ether oxygens (including phenoxy) is 2. The van der Waals surface area contributed by atoms with E-state index in [0.29, 0.717) is 13.0 Å². The first-order chi connectivity index (χ1) is 16.0. The third-order valence-corrected chi connectivity index (χ3v) is 7.97. The zero-order chi connectivity index (χ0) is 23.4. The monoisotopic (exact) mass is 471 g/mol. The Morgan fingerprint density at radius 1 is 1.18 bits per heavy atom. The fraction of sp³-hybridized carbons (Fsp3) is 0.520. The molecule has 3 heterocycles. The first-order valence-corrected chi connectivity index (χ1v) is 12.4. The van der Waals surface area contributed by atoms with Crippen molar-refractivity contribution >= 4 is 23.3 Å². The van der Waals surface area contributed by atoms with E-state index in [1.807, 2.05) is 24.3 Å². The van der Waals surface area contributed by atoms with E-state index in [9.17, 15) is 9.59 Å². The Kier molecular flexibility index (Phi) is 7.36. The second kappa shape index (κ2) is 10.2. The maximum atomic E-state index is 13.7. The summed E-state index contributed by atoms with van der Waals surface area (Å²) in [5, 5.41) is 5.27. The number of likely N-dealkylation sites (tertiary alicyclic amines) is 1. The smallest absolute Gasteiger partial charge is 0.325 e. The van der Waals surface area contributed by atoms with E-state index in [0.717, 1.165) is 43.8 Å². The quantitative estimate of drug-likeness (QED) is 0.567. The minimum Gasteiger partial charge on any atom is -0.497 e. The van der Waals surface area contributed by atoms with Crippen molar-refractivity contribution in [1.29, 1.82) is 0 Å². The lowest BCUT2D eigenvalue weighted by atomic mass is 9.74. The summed E-state index contributed by atoms with van der Waals surface area (Å²) in [4.78, 5) is 31.8. The van der Waals surface area contributed by atoms with Crippen LogP contribution in [-0.2, 0) is 22.5 Å². The van der Waals surface area contributed by atoms with Crippen LogP contribution in [0.5, 0.6) is 5.75 Å². The van der Waals surface area contributed by atoms with Gasteiger partial charge in [-0.05, 0) is 73.5 Å². The Hall–Kier alpha value is -2.42. The molecule has 2 saturated heterocycles. The highest BCUT2D eigenvalue weighted by atomic mass is 32.1. The number of piperidine rings is 1. The largest absolute Gasteiger partial charge is 0.497 e. The maximum Gasteiger partial charge on any atom is 0.325 e. The Morgan fingerprint density at radius 3 is 2.64 bits per heavy atom. The summed E-state index contributed by atoms with van der Waals surface area (Å²) in [5.74, 6) is 0.671. The Bertz CT molecular complexity index is 986. The fourth-order valence-corrected chi connectivity index (χ4v) is 5.98. The van der Waals surface area contributed by atoms with Crippen molar-refractivity contribution in [2.75, 3.05) is 40.5 Å². The number of hydrogen-bond acceptors (Lipinski definition) is 6. The summed E-state index contributed by atoms with van der Waals surface area (Å²) in [6.07, 6.45) is 2.17. The lowest BCUT2D eigenvalue weighted by molar-refractivity contribution is -0.134. The van der Waals surface area contributed by atoms with Crippen molar-refractivity contribution < 1.29 is 19.1 Å². The van der Waals surface area contributed by atoms with Crippen LogP contribution in [0, 0.1) is 12.8 Å². The third-order valence-electron chi connectivity index (χ3n) is 6.96. The molecule has 3 amide bonds. The first-order valence-electron chi connectivity index (χ1n) is 11.5. The van der Waals surface area contributed by atoms with Crippen LogP contribution in [0.25, 0.3) is 0 Å². The molecule has 33 heavy (non-hydrogen) atoms. The highest BCUT2D eigenvalue weighted by Crippen LogP contribution is 2.37. The Balaban J connectivity index is 1.55. The van der Waals surface area contributed by atoms with Crippen molar-refractivity contribution in [3.05, 3.63) is 51.7 Å². The van der Waals surface area contributed by atoms with Crippen molar-refractivity contribution in [1.82, 2.24) is 15.1 Å². The molecule has 1 aromatic heterocycles. The number of carbonyl (C=O) groups is 2. The second-order valence-corrected chi connectivity index (χ2v) is 9.96. The van der Waals surface area contributed by atoms with Gasteiger partial charge in [-0.15, -0.1) is 11.3 Å². The minimum absolute atomic E-state index is 0.0633. The molecular formula is C25H33N3O4S. The van der Waals surface area contributed by atoms with Crippen LogP contribution >= 0.6 is 11.3 Å². The molecule has 0 aliphatic carbocycles. The van der Waals surface area contributed by atoms with E-state index in [-0.39, 0.29) is 24.4 Å². The zero-order valence-electron chi connectivity index (χ0n) is 19.6. The van der Waals surface area contributed by atoms with Crippen molar-refractivity contribution in [2.45, 2.75) is 38.3 Å². The van der Waals surface area contributed by atoms with Gasteiger partial charge in [0.05, 0.1) is 20.3 Å². The topological polar surface area (TPSA) is 71.1 Å². The van der Waals surface area contributed by atoms with E-state index in [2.05, 4.69) is 28.6 Å². The second-order valence-electron chi connectivity index (χ2n) is 8.96. The maximum absolute atomic E-state index is 13.7. The van der Waals surface area contributed by atoms with Crippen molar-refractivity contribution in [3.8, 4) is 5.75 Å². The molecular weight excluding hydrogens is 438 g/mol. The van der Waals surface area contributed by atoms with Gasteiger partial charge in [0.25, 0.3) is 5.91 Å². The van der Waals surface area contributed by atoms with Gasteiger partial charge in [0.2, 0.25) is 0 Å². The average molecular weight is 472 g/mol. The lowest BCUT2D eigenvalue weighted by Gasteiger charge is -2.41. The summed E-state index contributed by atoms with van der Waals surface area (Å²) in [5.41, 5.74) is 1.37. The Morgan fingerprint density at radius 2 is 1.97 bits per heavy atom. The molecule has 178 valence electrons. The standard InChI is InChI=1S/C25H33N3O4S/c1-18-9-14-33-22(18)17-27-10-7-20(8-11-27)25(16-19-5-4-6-21(15-19)32-3)23(29)28(12-13-31-2)24(30)26-25/h4-6,9,14-15,20H,7-8,10-13,16-17H2,1-3H3,(H,26,30)/t25-/m1/s1. The van der Waals surface area contributed by atoms with E-state index in [1.165, 1.54) is 15.3 Å². The van der Waals surface area contributed by atoms with E-state index >= 15 is 0 Å². The highest BCUT2D eigenvalue weighted by molar-refractivity contribution is 7.10. The summed E-state index contributed by atoms with van der Waals surface area (Å²) in [6, 6.07) is 9.61. The van der Waals surface area contributed by atoms with Gasteiger partial charge in [-0.1, -0.05) is 12.1 Å². The predicted octanol–water partition coefficient (Wildman–Crippen LogP) is 3.46. The zero-order valence-corrected chi connectivity index (χ0v) is 20.5. The number of thiophene rings is 1. The van der Waals surface area contributed by atoms with Gasteiger partial charge in [-0.2, -0.15) is 0 Å². The molecule has 2 aliphatic heterocycles. The van der Waals surface area contributed by atoms with Crippen LogP contribution in [0.15, 0.2) is 35.7 Å². The number of methoxy groups -OCH3 is 2. The van der Waals surface area contributed by atoms with Crippen molar-refractivity contribution in [2.24, 2.45) is 5.92 Å². The minimum atomic E-state index is -0.942. The van der Waals surface area contributed by atoms with Gasteiger partial charge in [-0.25, -0.2) is 4.79 Å². The highest BCUT2D eigenvalue weighted by Gasteiger charge is 2.55. The molecule has 8 heteroatoms. The average Bonchev–Trinajstić information content (AvgIpc) is 3.33. The van der Waals surface area contributed by atoms with Gasteiger partial charge >= 0.3 is 6.03 Å². The number of carbonyl (C=O) groups excluding carboxylic acids is 2. The third kappa shape index (κ3) is 4.93. The van der Waals surface area contributed by atoms with Crippen LogP contribution in [0.3, 0.4) is 0 Å². The van der Waals surface area contributed by atoms with Crippen LogP contribution in [0.4, 0.5) is 4.79 Å². The SMILES string of the molecule is COCCN1C(=O)N[C@](Cc2cccc(OC)c2)(C2CCN(Cc3sccc3C)CC2)C1=O. The molecule has 2 fully saturated rings. The van der Waals surface area contributed by atoms with E-state index in [4.69, 9.17) is 9.47 Å². The molecule has 4 rings (SSSR count). The lowest BCUT2D eigenvalue weighted by Crippen LogP contribution is -2.57. The molecule has 1 N–H and O–H groups in total. The van der Waals surface area contributed by atoms with Crippen LogP contribution < -0.4 is 10.1 Å². The number of benzene rings is 1. The fourth-order valence-electron chi connectivity index (χ4n) is 5.03. The number of nitrogens with zero attached hydrogens (tertiary/aromatic N) is 2. The molecule has 0 unspecified atom stereocenters. The van der Waals surface area contributed by atoms with Gasteiger partial charge in [0, 0.05) is 25.0 Å². The van der Waals surface area contributed by atoms with Crippen LogP contribution in [0.2, 0.25) is 0 Å². The molecule has 1 atom stereocenters. The van der Waals surface area contributed by atoms with E-state index < -0.39 is 5.54 Å². The van der Waals surface area contributed by atoms with E-state index in [1.54, 1.807) is 25.6 Å². The number of amides is 3. The summed E-state index contributed by atoms with van der Waals surface area (Å²) < 4.78 is 10.5. The predicted molar refractivity (Wildman–Crippen MR) is 129 cm³/mol. The molecule has 2 aromatic rings. The molecule has 1 aromatic carbocycles. The number of nitrogens with one attached hydrogen (secondary N) is 1. The van der Waals surface area contributed by atoms with Crippen LogP contribution in [0.1, 0.15) is 28.8 Å². The molecule has 0 spiro atoms. The number of aryl methyl sites for hydroxylation is 1. The number of rotatable bonds is 9. The normalized spacial score (nSPS) is 22.1. The molecule has 2 aliphatic rings. The summed E-state index contributed by atoms with van der Waals surface area (Å²) in [7, 11) is 3.21. The number of imide groups is 1. The first kappa shape index (κ1) is 23.7. The number of hydrogen-bond donors (Lipinski definition) is 1. The Labute approximate surface area is 199 Å². The van der Waals surface area contributed by atoms with Gasteiger partial charge in [0.1, 0.15) is 11.3 Å². The van der Waals surface area contributed by atoms with Gasteiger partial charge < -0.3 is 14.8 Å². The van der Waals surface area contributed by atoms with Gasteiger partial charge in [-0.3, -0.25) is 14.6 Å². The summed E-state index contributed by atoms with van der Waals surface area (Å²) >= 11 is 1.80. The van der Waals surface area contributed by atoms with Gasteiger partial charge in [0.15, 0.2) is 0 Å². The van der Waals surface area contributed by atoms with Crippen molar-refractivity contribution in [3.63, 3.8) is 0 Å². The molecule has 0 bridgehead atoms. The molecule has 0 radical (unpaired) electrons. The summed E-state index contributed by atoms with van der Waals surface area (Å²) in [6.45, 7) is 5.50. The van der Waals surface area contributed by atoms with Crippen LogP contribution in [-0.4, -0.2) is 67.7 Å². The molecule has 7 nitrogen and oxygen atoms in total. The number of urea groups is 1. The molecule has 0 saturated carbocycles.